The third-order valence-corrected chi connectivity index (χ3v) is 4.44. The van der Waals surface area contributed by atoms with Crippen LogP contribution in [0.4, 0.5) is 24.7 Å². The first-order valence-electron chi connectivity index (χ1n) is 9.98. The number of hydrogen-bond acceptors (Lipinski definition) is 6. The molecule has 0 fully saturated rings. The molecule has 9 nitrogen and oxygen atoms in total. The number of aliphatic carboxylic acids is 1. The van der Waals surface area contributed by atoms with Gasteiger partial charge in [0.05, 0.1) is 17.7 Å². The molecule has 0 aliphatic rings. The van der Waals surface area contributed by atoms with Gasteiger partial charge in [-0.1, -0.05) is 19.8 Å². The summed E-state index contributed by atoms with van der Waals surface area (Å²) in [7, 11) is 0. The van der Waals surface area contributed by atoms with Crippen molar-refractivity contribution >= 4 is 46.6 Å². The fourth-order valence-electron chi connectivity index (χ4n) is 2.60. The second kappa shape index (κ2) is 11.9. The number of nitrogens with zero attached hydrogens (tertiary/aromatic N) is 1. The number of benzene rings is 1. The second-order valence-corrected chi connectivity index (χ2v) is 7.27. The van der Waals surface area contributed by atoms with Gasteiger partial charge in [-0.3, -0.25) is 14.9 Å². The van der Waals surface area contributed by atoms with Crippen molar-refractivity contribution in [2.45, 2.75) is 32.4 Å². The van der Waals surface area contributed by atoms with Crippen LogP contribution in [0, 0.1) is 0 Å². The van der Waals surface area contributed by atoms with Gasteiger partial charge in [0, 0.05) is 11.9 Å². The van der Waals surface area contributed by atoms with Gasteiger partial charge < -0.3 is 20.5 Å². The maximum absolute atomic E-state index is 13.5. The Bertz CT molecular complexity index is 1060. The number of amides is 2. The van der Waals surface area contributed by atoms with Crippen molar-refractivity contribution in [3.8, 4) is 5.75 Å². The Morgan fingerprint density at radius 3 is 2.44 bits per heavy atom. The zero-order valence-electron chi connectivity index (χ0n) is 17.9. The molecule has 2 aromatic rings. The smallest absolute Gasteiger partial charge is 0.420 e. The Hall–Kier alpha value is -3.74. The highest BCUT2D eigenvalue weighted by Gasteiger charge is 2.34. The van der Waals surface area contributed by atoms with E-state index in [1.807, 2.05) is 12.2 Å². The van der Waals surface area contributed by atoms with Crippen molar-refractivity contribution in [2.24, 2.45) is 0 Å². The number of unbranched alkanes of at least 4 members (excludes halogenated alkanes) is 2. The number of carbonyl (C=O) groups excluding carboxylic acids is 2. The molecule has 2 amide bonds. The first kappa shape index (κ1) is 26.5. The van der Waals surface area contributed by atoms with Gasteiger partial charge in [-0.2, -0.15) is 13.2 Å². The number of carboxylic acids is 1. The third-order valence-electron chi connectivity index (χ3n) is 4.24. The normalized spacial score (nSPS) is 10.8. The van der Waals surface area contributed by atoms with Crippen LogP contribution in [-0.4, -0.2) is 39.6 Å². The van der Waals surface area contributed by atoms with E-state index in [0.717, 1.165) is 25.1 Å². The van der Waals surface area contributed by atoms with Crippen LogP contribution in [0.25, 0.3) is 0 Å². The average molecular weight is 498 g/mol. The van der Waals surface area contributed by atoms with Crippen molar-refractivity contribution in [3.63, 3.8) is 0 Å². The Balaban J connectivity index is 2.02. The quantitative estimate of drug-likeness (QED) is 0.246. The van der Waals surface area contributed by atoms with E-state index in [4.69, 9.17) is 22.1 Å². The first-order valence-corrected chi connectivity index (χ1v) is 10.4. The predicted octanol–water partition coefficient (Wildman–Crippen LogP) is 3.82. The topological polar surface area (TPSA) is 130 Å². The maximum atomic E-state index is 13.5. The minimum absolute atomic E-state index is 0.00396. The summed E-state index contributed by atoms with van der Waals surface area (Å²) in [6.45, 7) is 2.13. The molecular formula is C21H21F3N4O5S. The largest absolute Gasteiger partial charge is 0.493 e. The zero-order valence-corrected chi connectivity index (χ0v) is 18.7. The molecule has 1 heterocycles. The summed E-state index contributed by atoms with van der Waals surface area (Å²) < 4.78 is 45.6. The summed E-state index contributed by atoms with van der Waals surface area (Å²) in [6, 6.07) is 5.78. The summed E-state index contributed by atoms with van der Waals surface area (Å²) in [5.41, 5.74) is -0.987. The molecule has 0 atom stereocenters. The van der Waals surface area contributed by atoms with Gasteiger partial charge in [-0.15, -0.1) is 0 Å². The Morgan fingerprint density at radius 2 is 1.85 bits per heavy atom. The van der Waals surface area contributed by atoms with Crippen molar-refractivity contribution in [2.75, 3.05) is 17.2 Å². The van der Waals surface area contributed by atoms with Crippen LogP contribution >= 0.6 is 12.2 Å². The molecule has 0 unspecified atom stereocenters. The molecule has 0 aliphatic carbocycles. The SMILES string of the molecule is CCCCCOc1ccc(NC(=S)NC(=O)c2ccc(NC(=O)C(=O)O)nc2)cc1C(F)(F)F. The predicted molar refractivity (Wildman–Crippen MR) is 121 cm³/mol. The Labute approximate surface area is 197 Å². The van der Waals surface area contributed by atoms with Gasteiger partial charge in [0.2, 0.25) is 0 Å². The highest BCUT2D eigenvalue weighted by Crippen LogP contribution is 2.38. The molecule has 0 saturated heterocycles. The van der Waals surface area contributed by atoms with Crippen LogP contribution in [0.15, 0.2) is 36.5 Å². The minimum Gasteiger partial charge on any atom is -0.493 e. The average Bonchev–Trinajstić information content (AvgIpc) is 2.77. The summed E-state index contributed by atoms with van der Waals surface area (Å²) >= 11 is 4.99. The standard InChI is InChI=1S/C21H21F3N4O5S/c1-2-3-4-9-33-15-7-6-13(10-14(15)21(22,23)24)26-20(34)28-17(29)12-5-8-16(25-11-12)27-18(30)19(31)32/h5-8,10-11H,2-4,9H2,1H3,(H,31,32)(H,25,27,30)(H2,26,28,29,34). The summed E-state index contributed by atoms with van der Waals surface area (Å²) in [5.74, 6) is -4.13. The molecule has 4 N–H and O–H groups in total. The van der Waals surface area contributed by atoms with E-state index in [9.17, 15) is 27.6 Å². The highest BCUT2D eigenvalue weighted by atomic mass is 32.1. The van der Waals surface area contributed by atoms with E-state index in [0.29, 0.717) is 6.42 Å². The molecule has 0 aliphatic heterocycles. The van der Waals surface area contributed by atoms with Crippen molar-refractivity contribution < 1.29 is 37.4 Å². The number of nitrogens with one attached hydrogen (secondary N) is 3. The Kier molecular flexibility index (Phi) is 9.30. The van der Waals surface area contributed by atoms with Crippen molar-refractivity contribution in [1.82, 2.24) is 10.3 Å². The molecule has 2 rings (SSSR count). The molecular weight excluding hydrogens is 477 g/mol. The number of halogens is 3. The number of ether oxygens (including phenoxy) is 1. The van der Waals surface area contributed by atoms with Crippen LogP contribution in [-0.2, 0) is 15.8 Å². The minimum atomic E-state index is -4.66. The Morgan fingerprint density at radius 1 is 1.12 bits per heavy atom. The number of carbonyl (C=O) groups is 3. The van der Waals surface area contributed by atoms with Gasteiger partial charge in [-0.25, -0.2) is 9.78 Å². The lowest BCUT2D eigenvalue weighted by Gasteiger charge is -2.16. The molecule has 182 valence electrons. The monoisotopic (exact) mass is 498 g/mol. The molecule has 34 heavy (non-hydrogen) atoms. The lowest BCUT2D eigenvalue weighted by Crippen LogP contribution is -2.34. The number of carboxylic acid groups (broad SMARTS) is 1. The number of alkyl halides is 3. The number of pyridine rings is 1. The number of anilines is 2. The summed E-state index contributed by atoms with van der Waals surface area (Å²) in [4.78, 5) is 37.6. The van der Waals surface area contributed by atoms with E-state index in [1.165, 1.54) is 24.3 Å². The number of thiocarbonyl (C=S) groups is 1. The lowest BCUT2D eigenvalue weighted by molar-refractivity contribution is -0.147. The van der Waals surface area contributed by atoms with Gasteiger partial charge in [0.1, 0.15) is 11.6 Å². The van der Waals surface area contributed by atoms with Crippen LogP contribution in [0.2, 0.25) is 0 Å². The number of aromatic nitrogens is 1. The van der Waals surface area contributed by atoms with E-state index in [1.54, 1.807) is 0 Å². The molecule has 0 spiro atoms. The van der Waals surface area contributed by atoms with Crippen LogP contribution in [0.5, 0.6) is 5.75 Å². The first-order chi connectivity index (χ1) is 16.0. The van der Waals surface area contributed by atoms with Gasteiger partial charge in [0.15, 0.2) is 5.11 Å². The maximum Gasteiger partial charge on any atom is 0.420 e. The molecule has 0 bridgehead atoms. The zero-order chi connectivity index (χ0) is 25.3. The third kappa shape index (κ3) is 7.99. The van der Waals surface area contributed by atoms with Gasteiger partial charge >= 0.3 is 18.1 Å². The molecule has 1 aromatic carbocycles. The van der Waals surface area contributed by atoms with Crippen LogP contribution in [0.3, 0.4) is 0 Å². The van der Waals surface area contributed by atoms with E-state index in [2.05, 4.69) is 15.6 Å². The van der Waals surface area contributed by atoms with Crippen molar-refractivity contribution in [3.05, 3.63) is 47.7 Å². The molecule has 13 heteroatoms. The number of rotatable bonds is 8. The van der Waals surface area contributed by atoms with Crippen molar-refractivity contribution in [1.29, 1.82) is 0 Å². The van der Waals surface area contributed by atoms with Crippen LogP contribution in [0.1, 0.15) is 42.1 Å². The fourth-order valence-corrected chi connectivity index (χ4v) is 2.81. The summed E-state index contributed by atoms with van der Waals surface area (Å²) in [5, 5.41) is 15.1. The highest BCUT2D eigenvalue weighted by molar-refractivity contribution is 7.80. The lowest BCUT2D eigenvalue weighted by atomic mass is 10.1. The van der Waals surface area contributed by atoms with E-state index >= 15 is 0 Å². The van der Waals surface area contributed by atoms with Gasteiger partial charge in [0.25, 0.3) is 5.91 Å². The summed E-state index contributed by atoms with van der Waals surface area (Å²) in [6.07, 6.45) is -1.23. The van der Waals surface area contributed by atoms with Gasteiger partial charge in [-0.05, 0) is 49.0 Å². The second-order valence-electron chi connectivity index (χ2n) is 6.86. The molecule has 1 aromatic heterocycles. The molecule has 0 radical (unpaired) electrons. The van der Waals surface area contributed by atoms with E-state index in [-0.39, 0.29) is 34.5 Å². The van der Waals surface area contributed by atoms with E-state index < -0.39 is 29.5 Å². The van der Waals surface area contributed by atoms with Crippen LogP contribution < -0.4 is 20.7 Å². The molecule has 0 saturated carbocycles. The fraction of sp³-hybridized carbons (Fsp3) is 0.286. The number of hydrogen-bond donors (Lipinski definition) is 4.